The van der Waals surface area contributed by atoms with Gasteiger partial charge >= 0.3 is 0 Å². The number of para-hydroxylation sites is 1. The summed E-state index contributed by atoms with van der Waals surface area (Å²) >= 11 is 4.39. The molecule has 21 heavy (non-hydrogen) atoms. The molecule has 1 atom stereocenters. The van der Waals surface area contributed by atoms with E-state index in [0.717, 1.165) is 13.0 Å². The molecule has 1 aliphatic rings. The standard InChI is InChI=1S/C17H20INOS/c1-20-10-9-12-5-2-3-6-14(12)19-15-7-4-8-16-13(15)11-17(18)21-16/h2-3,5-6,11,15,19H,4,7-10H2,1H3. The number of benzene rings is 1. The quantitative estimate of drug-likeness (QED) is 0.695. The van der Waals surface area contributed by atoms with Gasteiger partial charge in [-0.15, -0.1) is 11.3 Å². The van der Waals surface area contributed by atoms with E-state index in [-0.39, 0.29) is 0 Å². The van der Waals surface area contributed by atoms with Gasteiger partial charge in [0, 0.05) is 17.7 Å². The summed E-state index contributed by atoms with van der Waals surface area (Å²) in [5, 5.41) is 3.78. The van der Waals surface area contributed by atoms with Crippen molar-refractivity contribution in [2.45, 2.75) is 31.7 Å². The van der Waals surface area contributed by atoms with Crippen LogP contribution in [-0.2, 0) is 17.6 Å². The lowest BCUT2D eigenvalue weighted by Crippen LogP contribution is -2.16. The minimum absolute atomic E-state index is 0.456. The molecule has 0 spiro atoms. The maximum atomic E-state index is 5.22. The van der Waals surface area contributed by atoms with Crippen LogP contribution in [0.1, 0.15) is 34.9 Å². The van der Waals surface area contributed by atoms with Crippen molar-refractivity contribution in [3.8, 4) is 0 Å². The molecule has 1 heterocycles. The van der Waals surface area contributed by atoms with E-state index in [1.807, 2.05) is 11.3 Å². The van der Waals surface area contributed by atoms with Gasteiger partial charge in [0.15, 0.2) is 0 Å². The Kier molecular flexibility index (Phi) is 5.19. The number of anilines is 1. The van der Waals surface area contributed by atoms with E-state index in [1.165, 1.54) is 39.0 Å². The normalized spacial score (nSPS) is 17.5. The summed E-state index contributed by atoms with van der Waals surface area (Å²) in [6.07, 6.45) is 4.70. The van der Waals surface area contributed by atoms with Crippen LogP contribution in [0.25, 0.3) is 0 Å². The van der Waals surface area contributed by atoms with Crippen LogP contribution in [0.5, 0.6) is 0 Å². The Morgan fingerprint density at radius 3 is 3.10 bits per heavy atom. The highest BCUT2D eigenvalue weighted by Gasteiger charge is 2.23. The Hall–Kier alpha value is -0.590. The zero-order chi connectivity index (χ0) is 14.7. The number of thiophene rings is 1. The van der Waals surface area contributed by atoms with Crippen molar-refractivity contribution in [3.63, 3.8) is 0 Å². The molecule has 0 amide bonds. The molecule has 0 radical (unpaired) electrons. The summed E-state index contributed by atoms with van der Waals surface area (Å²) in [4.78, 5) is 1.57. The van der Waals surface area contributed by atoms with Crippen molar-refractivity contribution in [1.82, 2.24) is 0 Å². The topological polar surface area (TPSA) is 21.3 Å². The predicted octanol–water partition coefficient (Wildman–Crippen LogP) is 5.03. The number of aryl methyl sites for hydroxylation is 1. The summed E-state index contributed by atoms with van der Waals surface area (Å²) in [5.41, 5.74) is 4.11. The number of ether oxygens (including phenoxy) is 1. The molecular weight excluding hydrogens is 393 g/mol. The lowest BCUT2D eigenvalue weighted by atomic mass is 9.93. The van der Waals surface area contributed by atoms with E-state index in [2.05, 4.69) is 58.2 Å². The summed E-state index contributed by atoms with van der Waals surface area (Å²) in [6.45, 7) is 0.769. The van der Waals surface area contributed by atoms with Crippen LogP contribution in [0, 0.1) is 2.88 Å². The first kappa shape index (κ1) is 15.3. The van der Waals surface area contributed by atoms with E-state index < -0.39 is 0 Å². The summed E-state index contributed by atoms with van der Waals surface area (Å²) < 4.78 is 6.63. The number of hydrogen-bond acceptors (Lipinski definition) is 3. The molecule has 0 bridgehead atoms. The molecule has 3 rings (SSSR count). The van der Waals surface area contributed by atoms with Crippen molar-refractivity contribution in [3.05, 3.63) is 49.2 Å². The van der Waals surface area contributed by atoms with Gasteiger partial charge < -0.3 is 10.1 Å². The largest absolute Gasteiger partial charge is 0.384 e. The molecule has 1 aliphatic carbocycles. The van der Waals surface area contributed by atoms with Crippen LogP contribution in [0.2, 0.25) is 0 Å². The zero-order valence-electron chi connectivity index (χ0n) is 12.2. The summed E-state index contributed by atoms with van der Waals surface area (Å²) in [6, 6.07) is 11.4. The van der Waals surface area contributed by atoms with E-state index in [1.54, 1.807) is 12.0 Å². The molecule has 1 aromatic carbocycles. The SMILES string of the molecule is COCCc1ccccc1NC1CCCc2sc(I)cc21. The van der Waals surface area contributed by atoms with E-state index >= 15 is 0 Å². The van der Waals surface area contributed by atoms with Crippen molar-refractivity contribution in [2.75, 3.05) is 19.0 Å². The highest BCUT2D eigenvalue weighted by molar-refractivity contribution is 14.1. The molecule has 1 aromatic heterocycles. The van der Waals surface area contributed by atoms with Gasteiger partial charge in [-0.25, -0.2) is 0 Å². The van der Waals surface area contributed by atoms with E-state index in [0.29, 0.717) is 6.04 Å². The highest BCUT2D eigenvalue weighted by Crippen LogP contribution is 2.38. The number of fused-ring (bicyclic) bond motifs is 1. The van der Waals surface area contributed by atoms with Crippen molar-refractivity contribution >= 4 is 39.6 Å². The molecule has 4 heteroatoms. The lowest BCUT2D eigenvalue weighted by Gasteiger charge is -2.26. The lowest BCUT2D eigenvalue weighted by molar-refractivity contribution is 0.202. The van der Waals surface area contributed by atoms with E-state index in [4.69, 9.17) is 4.74 Å². The maximum absolute atomic E-state index is 5.22. The molecule has 1 N–H and O–H groups in total. The number of nitrogens with one attached hydrogen (secondary N) is 1. The third-order valence-electron chi connectivity index (χ3n) is 4.01. The van der Waals surface area contributed by atoms with Crippen LogP contribution in [0.3, 0.4) is 0 Å². The average molecular weight is 413 g/mol. The highest BCUT2D eigenvalue weighted by atomic mass is 127. The Balaban J connectivity index is 1.81. The third-order valence-corrected chi connectivity index (χ3v) is 5.98. The van der Waals surface area contributed by atoms with Gasteiger partial charge in [-0.05, 0) is 71.5 Å². The van der Waals surface area contributed by atoms with Crippen molar-refractivity contribution < 1.29 is 4.74 Å². The molecule has 112 valence electrons. The van der Waals surface area contributed by atoms with Gasteiger partial charge in [-0.2, -0.15) is 0 Å². The van der Waals surface area contributed by atoms with Crippen LogP contribution < -0.4 is 5.32 Å². The first-order chi connectivity index (χ1) is 10.3. The molecule has 2 nitrogen and oxygen atoms in total. The summed E-state index contributed by atoms with van der Waals surface area (Å²) in [5.74, 6) is 0. The van der Waals surface area contributed by atoms with Crippen molar-refractivity contribution in [2.24, 2.45) is 0 Å². The average Bonchev–Trinajstić information content (AvgIpc) is 2.88. The number of halogens is 1. The smallest absolute Gasteiger partial charge is 0.0660 e. The Morgan fingerprint density at radius 2 is 2.24 bits per heavy atom. The Morgan fingerprint density at radius 1 is 1.38 bits per heavy atom. The second-order valence-corrected chi connectivity index (χ2v) is 8.45. The molecule has 0 aliphatic heterocycles. The molecule has 0 saturated carbocycles. The van der Waals surface area contributed by atoms with Crippen LogP contribution >= 0.6 is 33.9 Å². The van der Waals surface area contributed by atoms with Crippen molar-refractivity contribution in [1.29, 1.82) is 0 Å². The molecule has 2 aromatic rings. The van der Waals surface area contributed by atoms with Gasteiger partial charge in [0.2, 0.25) is 0 Å². The van der Waals surface area contributed by atoms with Gasteiger partial charge in [-0.1, -0.05) is 18.2 Å². The van der Waals surface area contributed by atoms with Gasteiger partial charge in [0.25, 0.3) is 0 Å². The van der Waals surface area contributed by atoms with Crippen LogP contribution in [-0.4, -0.2) is 13.7 Å². The molecule has 0 saturated heterocycles. The minimum atomic E-state index is 0.456. The summed E-state index contributed by atoms with van der Waals surface area (Å²) in [7, 11) is 1.76. The number of methoxy groups -OCH3 is 1. The molecular formula is C17H20INOS. The Labute approximate surface area is 144 Å². The van der Waals surface area contributed by atoms with Crippen LogP contribution in [0.4, 0.5) is 5.69 Å². The fourth-order valence-corrected chi connectivity index (χ4v) is 5.07. The van der Waals surface area contributed by atoms with Gasteiger partial charge in [0.05, 0.1) is 15.5 Å². The second-order valence-electron chi connectivity index (χ2n) is 5.42. The second kappa shape index (κ2) is 7.11. The van der Waals surface area contributed by atoms with E-state index in [9.17, 15) is 0 Å². The van der Waals surface area contributed by atoms with Gasteiger partial charge in [-0.3, -0.25) is 0 Å². The fraction of sp³-hybridized carbons (Fsp3) is 0.412. The number of rotatable bonds is 5. The Bertz CT molecular complexity index is 611. The fourth-order valence-electron chi connectivity index (χ4n) is 2.95. The van der Waals surface area contributed by atoms with Crippen LogP contribution in [0.15, 0.2) is 30.3 Å². The first-order valence-electron chi connectivity index (χ1n) is 7.39. The third kappa shape index (κ3) is 3.60. The first-order valence-corrected chi connectivity index (χ1v) is 9.29. The maximum Gasteiger partial charge on any atom is 0.0660 e. The van der Waals surface area contributed by atoms with Gasteiger partial charge in [0.1, 0.15) is 0 Å². The molecule has 1 unspecified atom stereocenters. The minimum Gasteiger partial charge on any atom is -0.384 e. The monoisotopic (exact) mass is 413 g/mol. The predicted molar refractivity (Wildman–Crippen MR) is 98.4 cm³/mol. The molecule has 0 fully saturated rings. The zero-order valence-corrected chi connectivity index (χ0v) is 15.2. The number of hydrogen-bond donors (Lipinski definition) is 1.